The molecule has 5 nitrogen and oxygen atoms in total. The average Bonchev–Trinajstić information content (AvgIpc) is 3.04. The summed E-state index contributed by atoms with van der Waals surface area (Å²) in [6, 6.07) is 9.78. The van der Waals surface area contributed by atoms with E-state index in [9.17, 15) is 4.39 Å². The molecule has 3 aromatic rings. The minimum absolute atomic E-state index is 0.275. The summed E-state index contributed by atoms with van der Waals surface area (Å²) in [4.78, 5) is 4.03. The molecule has 0 unspecified atom stereocenters. The van der Waals surface area contributed by atoms with Crippen molar-refractivity contribution in [2.24, 2.45) is 0 Å². The van der Waals surface area contributed by atoms with E-state index in [0.29, 0.717) is 24.7 Å². The number of hydrogen-bond acceptors (Lipinski definition) is 5. The van der Waals surface area contributed by atoms with Crippen LogP contribution >= 0.6 is 11.8 Å². The quantitative estimate of drug-likeness (QED) is 0.349. The van der Waals surface area contributed by atoms with E-state index in [1.165, 1.54) is 12.1 Å². The highest BCUT2D eigenvalue weighted by molar-refractivity contribution is 7.99. The molecule has 128 valence electrons. The zero-order valence-electron chi connectivity index (χ0n) is 13.5. The van der Waals surface area contributed by atoms with E-state index in [4.69, 9.17) is 4.74 Å². The third kappa shape index (κ3) is 4.45. The maximum atomic E-state index is 12.9. The zero-order valence-corrected chi connectivity index (χ0v) is 14.3. The number of allylic oxidation sites excluding steroid dienone is 1. The van der Waals surface area contributed by atoms with Crippen molar-refractivity contribution in [1.82, 2.24) is 19.7 Å². The highest BCUT2D eigenvalue weighted by Crippen LogP contribution is 2.23. The van der Waals surface area contributed by atoms with Gasteiger partial charge in [-0.15, -0.1) is 16.8 Å². The van der Waals surface area contributed by atoms with Crippen molar-refractivity contribution in [3.63, 3.8) is 0 Å². The molecule has 0 aliphatic carbocycles. The molecule has 0 aliphatic rings. The first-order chi connectivity index (χ1) is 12.3. The van der Waals surface area contributed by atoms with E-state index in [1.54, 1.807) is 36.3 Å². The molecule has 0 fully saturated rings. The second-order valence-corrected chi connectivity index (χ2v) is 6.15. The summed E-state index contributed by atoms with van der Waals surface area (Å²) in [6.07, 6.45) is 5.27. The third-order valence-electron chi connectivity index (χ3n) is 3.36. The molecule has 3 rings (SSSR count). The fourth-order valence-corrected chi connectivity index (χ4v) is 2.99. The van der Waals surface area contributed by atoms with Crippen molar-refractivity contribution in [3.8, 4) is 17.1 Å². The lowest BCUT2D eigenvalue weighted by Gasteiger charge is -2.08. The molecule has 7 heteroatoms. The molecule has 0 atom stereocenters. The van der Waals surface area contributed by atoms with Gasteiger partial charge in [-0.1, -0.05) is 17.8 Å². The number of thioether (sulfide) groups is 1. The second kappa shape index (κ2) is 8.43. The first kappa shape index (κ1) is 17.2. The van der Waals surface area contributed by atoms with Crippen molar-refractivity contribution in [2.45, 2.75) is 11.7 Å². The molecule has 0 saturated heterocycles. The molecule has 25 heavy (non-hydrogen) atoms. The SMILES string of the molecule is C=CCn1c(SCCOc2ccc(F)cc2)nnc1-c1ccncc1. The molecule has 0 saturated carbocycles. The fourth-order valence-electron chi connectivity index (χ4n) is 2.23. The number of aromatic nitrogens is 4. The largest absolute Gasteiger partial charge is 0.493 e. The molecule has 0 spiro atoms. The minimum atomic E-state index is -0.275. The molecule has 0 N–H and O–H groups in total. The van der Waals surface area contributed by atoms with Gasteiger partial charge in [-0.25, -0.2) is 4.39 Å². The Labute approximate surface area is 149 Å². The average molecular weight is 356 g/mol. The number of ether oxygens (including phenoxy) is 1. The Balaban J connectivity index is 1.63. The van der Waals surface area contributed by atoms with Crippen LogP contribution in [0.15, 0.2) is 66.6 Å². The van der Waals surface area contributed by atoms with Gasteiger partial charge in [0.15, 0.2) is 11.0 Å². The highest BCUT2D eigenvalue weighted by Gasteiger charge is 2.13. The van der Waals surface area contributed by atoms with Crippen LogP contribution in [0, 0.1) is 5.82 Å². The first-order valence-corrected chi connectivity index (χ1v) is 8.72. The van der Waals surface area contributed by atoms with Crippen molar-refractivity contribution in [2.75, 3.05) is 12.4 Å². The van der Waals surface area contributed by atoms with Crippen molar-refractivity contribution >= 4 is 11.8 Å². The lowest BCUT2D eigenvalue weighted by Crippen LogP contribution is -2.04. The van der Waals surface area contributed by atoms with Crippen LogP contribution in [0.4, 0.5) is 4.39 Å². The molecule has 0 aliphatic heterocycles. The van der Waals surface area contributed by atoms with Crippen LogP contribution in [-0.4, -0.2) is 32.1 Å². The number of rotatable bonds is 8. The summed E-state index contributed by atoms with van der Waals surface area (Å²) in [5.74, 6) is 1.85. The Morgan fingerprint density at radius 1 is 1.12 bits per heavy atom. The van der Waals surface area contributed by atoms with Crippen LogP contribution in [-0.2, 0) is 6.54 Å². The molecule has 1 aromatic carbocycles. The normalized spacial score (nSPS) is 10.6. The summed E-state index contributed by atoms with van der Waals surface area (Å²) in [7, 11) is 0. The molecule has 0 radical (unpaired) electrons. The fraction of sp³-hybridized carbons (Fsp3) is 0.167. The van der Waals surface area contributed by atoms with Crippen molar-refractivity contribution in [1.29, 1.82) is 0 Å². The van der Waals surface area contributed by atoms with Gasteiger partial charge in [0.2, 0.25) is 0 Å². The Morgan fingerprint density at radius 3 is 2.60 bits per heavy atom. The summed E-state index contributed by atoms with van der Waals surface area (Å²) >= 11 is 1.55. The Morgan fingerprint density at radius 2 is 1.88 bits per heavy atom. The van der Waals surface area contributed by atoms with E-state index in [0.717, 1.165) is 16.5 Å². The van der Waals surface area contributed by atoms with E-state index in [-0.39, 0.29) is 5.82 Å². The molecule has 0 bridgehead atoms. The highest BCUT2D eigenvalue weighted by atomic mass is 32.2. The van der Waals surface area contributed by atoms with Crippen LogP contribution in [0.5, 0.6) is 5.75 Å². The molecular formula is C18H17FN4OS. The summed E-state index contributed by atoms with van der Waals surface area (Å²) in [5.41, 5.74) is 0.957. The van der Waals surface area contributed by atoms with Gasteiger partial charge in [-0.05, 0) is 36.4 Å². The van der Waals surface area contributed by atoms with Gasteiger partial charge in [0, 0.05) is 30.3 Å². The molecular weight excluding hydrogens is 339 g/mol. The first-order valence-electron chi connectivity index (χ1n) is 7.73. The number of hydrogen-bond donors (Lipinski definition) is 0. The number of benzene rings is 1. The van der Waals surface area contributed by atoms with Crippen LogP contribution < -0.4 is 4.74 Å². The van der Waals surface area contributed by atoms with Crippen LogP contribution in [0.25, 0.3) is 11.4 Å². The smallest absolute Gasteiger partial charge is 0.191 e. The second-order valence-electron chi connectivity index (χ2n) is 5.09. The van der Waals surface area contributed by atoms with Crippen molar-refractivity contribution < 1.29 is 9.13 Å². The lowest BCUT2D eigenvalue weighted by atomic mass is 10.2. The Bertz CT molecular complexity index is 821. The van der Waals surface area contributed by atoms with E-state index in [2.05, 4.69) is 21.8 Å². The third-order valence-corrected chi connectivity index (χ3v) is 4.29. The number of pyridine rings is 1. The maximum Gasteiger partial charge on any atom is 0.191 e. The van der Waals surface area contributed by atoms with E-state index >= 15 is 0 Å². The van der Waals surface area contributed by atoms with Gasteiger partial charge in [0.05, 0.1) is 6.61 Å². The van der Waals surface area contributed by atoms with E-state index in [1.807, 2.05) is 22.8 Å². The van der Waals surface area contributed by atoms with Gasteiger partial charge in [-0.2, -0.15) is 0 Å². The van der Waals surface area contributed by atoms with Gasteiger partial charge in [0.25, 0.3) is 0 Å². The predicted molar refractivity (Wildman–Crippen MR) is 96.1 cm³/mol. The molecule has 2 aromatic heterocycles. The van der Waals surface area contributed by atoms with Gasteiger partial charge >= 0.3 is 0 Å². The summed E-state index contributed by atoms with van der Waals surface area (Å²) in [6.45, 7) is 4.91. The maximum absolute atomic E-state index is 12.9. The minimum Gasteiger partial charge on any atom is -0.493 e. The Hall–Kier alpha value is -2.67. The lowest BCUT2D eigenvalue weighted by molar-refractivity contribution is 0.343. The molecule has 0 amide bonds. The summed E-state index contributed by atoms with van der Waals surface area (Å²) < 4.78 is 20.5. The van der Waals surface area contributed by atoms with Gasteiger partial charge in [-0.3, -0.25) is 9.55 Å². The number of halogens is 1. The standard InChI is InChI=1S/C18H17FN4OS/c1-2-11-23-17(14-7-9-20-10-8-14)21-22-18(23)25-13-12-24-16-5-3-15(19)4-6-16/h2-10H,1,11-13H2. The Kier molecular flexibility index (Phi) is 5.79. The molecule has 2 heterocycles. The number of nitrogens with zero attached hydrogens (tertiary/aromatic N) is 4. The van der Waals surface area contributed by atoms with Crippen LogP contribution in [0.1, 0.15) is 0 Å². The van der Waals surface area contributed by atoms with E-state index < -0.39 is 0 Å². The van der Waals surface area contributed by atoms with Crippen LogP contribution in [0.2, 0.25) is 0 Å². The zero-order chi connectivity index (χ0) is 17.5. The van der Waals surface area contributed by atoms with Gasteiger partial charge < -0.3 is 4.74 Å². The monoisotopic (exact) mass is 356 g/mol. The topological polar surface area (TPSA) is 52.8 Å². The van der Waals surface area contributed by atoms with Gasteiger partial charge in [0.1, 0.15) is 11.6 Å². The van der Waals surface area contributed by atoms with Crippen molar-refractivity contribution in [3.05, 3.63) is 67.3 Å². The van der Waals surface area contributed by atoms with Crippen LogP contribution in [0.3, 0.4) is 0 Å². The summed E-state index contributed by atoms with van der Waals surface area (Å²) in [5, 5.41) is 9.36. The predicted octanol–water partition coefficient (Wildman–Crippen LogP) is 3.84.